The maximum Gasteiger partial charge on any atom is 0.244 e. The van der Waals surface area contributed by atoms with Crippen LogP contribution in [0.5, 0.6) is 0 Å². The molecule has 3 rings (SSSR count). The smallest absolute Gasteiger partial charge is 0.244 e. The van der Waals surface area contributed by atoms with Gasteiger partial charge in [-0.3, -0.25) is 4.90 Å². The molecule has 1 aliphatic rings. The molecule has 8 heteroatoms. The summed E-state index contributed by atoms with van der Waals surface area (Å²) in [7, 11) is -3.50. The molecule has 0 spiro atoms. The van der Waals surface area contributed by atoms with Crippen LogP contribution in [0.15, 0.2) is 69.6 Å². The number of rotatable bonds is 7. The molecule has 144 valence electrons. The van der Waals surface area contributed by atoms with Gasteiger partial charge in [-0.25, -0.2) is 13.4 Å². The van der Waals surface area contributed by atoms with Crippen LogP contribution in [0.4, 0.5) is 0 Å². The van der Waals surface area contributed by atoms with Crippen LogP contribution in [0.3, 0.4) is 0 Å². The summed E-state index contributed by atoms with van der Waals surface area (Å²) in [6.45, 7) is 7.07. The van der Waals surface area contributed by atoms with Gasteiger partial charge in [-0.1, -0.05) is 52.8 Å². The summed E-state index contributed by atoms with van der Waals surface area (Å²) < 4.78 is 28.2. The Morgan fingerprint density at radius 3 is 2.41 bits per heavy atom. The lowest BCUT2D eigenvalue weighted by atomic mass is 10.2. The highest BCUT2D eigenvalue weighted by atomic mass is 79.9. The lowest BCUT2D eigenvalue weighted by molar-refractivity contribution is 0.181. The third-order valence-corrected chi connectivity index (χ3v) is 7.87. The van der Waals surface area contributed by atoms with Crippen molar-refractivity contribution >= 4 is 37.7 Å². The molecular formula is C19H22BrN3O2S2. The lowest BCUT2D eigenvalue weighted by Gasteiger charge is -2.33. The zero-order chi connectivity index (χ0) is 19.3. The number of hydrogen-bond acceptors (Lipinski definition) is 5. The fourth-order valence-electron chi connectivity index (χ4n) is 2.88. The van der Waals surface area contributed by atoms with Crippen LogP contribution in [0.1, 0.15) is 5.56 Å². The number of sulfonamides is 1. The number of hydrogen-bond donors (Lipinski definition) is 0. The van der Waals surface area contributed by atoms with Crippen molar-refractivity contribution in [2.45, 2.75) is 16.5 Å². The Kier molecular flexibility index (Phi) is 7.10. The molecule has 0 aliphatic carbocycles. The number of pyridine rings is 1. The predicted octanol–water partition coefficient (Wildman–Crippen LogP) is 3.59. The summed E-state index contributed by atoms with van der Waals surface area (Å²) in [5.41, 5.74) is 1.25. The molecular weight excluding hydrogens is 446 g/mol. The lowest BCUT2D eigenvalue weighted by Crippen LogP contribution is -2.48. The van der Waals surface area contributed by atoms with E-state index in [1.165, 1.54) is 23.5 Å². The standard InChI is InChI=1S/C19H22BrN3O2S2/c1-16(20)15-26-19-8-7-18(13-21-19)27(24,25)23-11-9-22(10-12-23)14-17-5-3-2-4-6-17/h2-8,13H,1,9-12,14-15H2. The molecule has 1 aliphatic heterocycles. The van der Waals surface area contributed by atoms with E-state index in [-0.39, 0.29) is 4.90 Å². The first-order valence-electron chi connectivity index (χ1n) is 8.64. The van der Waals surface area contributed by atoms with E-state index in [1.54, 1.807) is 16.4 Å². The van der Waals surface area contributed by atoms with E-state index >= 15 is 0 Å². The second-order valence-electron chi connectivity index (χ2n) is 6.30. The summed E-state index contributed by atoms with van der Waals surface area (Å²) in [6.07, 6.45) is 1.45. The molecule has 0 saturated carbocycles. The number of benzene rings is 1. The summed E-state index contributed by atoms with van der Waals surface area (Å²) in [5, 5.41) is 0.780. The van der Waals surface area contributed by atoms with Crippen LogP contribution < -0.4 is 0 Å². The molecule has 0 unspecified atom stereocenters. The highest BCUT2D eigenvalue weighted by molar-refractivity contribution is 9.11. The Balaban J connectivity index is 1.58. The van der Waals surface area contributed by atoms with Gasteiger partial charge in [-0.15, -0.1) is 11.8 Å². The predicted molar refractivity (Wildman–Crippen MR) is 114 cm³/mol. The van der Waals surface area contributed by atoms with Gasteiger partial charge in [0, 0.05) is 44.7 Å². The topological polar surface area (TPSA) is 53.5 Å². The van der Waals surface area contributed by atoms with Crippen molar-refractivity contribution < 1.29 is 8.42 Å². The summed E-state index contributed by atoms with van der Waals surface area (Å²) in [4.78, 5) is 6.80. The molecule has 2 heterocycles. The minimum absolute atomic E-state index is 0.251. The van der Waals surface area contributed by atoms with Crippen molar-refractivity contribution in [3.05, 3.63) is 65.3 Å². The first kappa shape index (κ1) is 20.5. The Morgan fingerprint density at radius 1 is 1.11 bits per heavy atom. The van der Waals surface area contributed by atoms with E-state index in [0.717, 1.165) is 29.1 Å². The number of thioether (sulfide) groups is 1. The molecule has 1 aromatic carbocycles. The van der Waals surface area contributed by atoms with Crippen molar-refractivity contribution in [3.63, 3.8) is 0 Å². The number of nitrogens with zero attached hydrogens (tertiary/aromatic N) is 3. The fraction of sp³-hybridized carbons (Fsp3) is 0.316. The van der Waals surface area contributed by atoms with Gasteiger partial charge >= 0.3 is 0 Å². The quantitative estimate of drug-likeness (QED) is 0.582. The van der Waals surface area contributed by atoms with Crippen molar-refractivity contribution in [2.75, 3.05) is 31.9 Å². The SMILES string of the molecule is C=C(Br)CSc1ccc(S(=O)(=O)N2CCN(Cc3ccccc3)CC2)cn1. The average molecular weight is 468 g/mol. The number of piperazine rings is 1. The van der Waals surface area contributed by atoms with Gasteiger partial charge in [0.2, 0.25) is 10.0 Å². The molecule has 2 aromatic rings. The molecule has 0 bridgehead atoms. The zero-order valence-electron chi connectivity index (χ0n) is 14.9. The van der Waals surface area contributed by atoms with Crippen LogP contribution in [-0.4, -0.2) is 54.5 Å². The Morgan fingerprint density at radius 2 is 1.81 bits per heavy atom. The van der Waals surface area contributed by atoms with Crippen LogP contribution >= 0.6 is 27.7 Å². The van der Waals surface area contributed by atoms with Crippen molar-refractivity contribution in [2.24, 2.45) is 0 Å². The van der Waals surface area contributed by atoms with Gasteiger partial charge in [-0.05, 0) is 22.2 Å². The average Bonchev–Trinajstić information content (AvgIpc) is 2.68. The molecule has 1 saturated heterocycles. The normalized spacial score (nSPS) is 16.3. The summed E-state index contributed by atoms with van der Waals surface area (Å²) in [5.74, 6) is 0.697. The van der Waals surface area contributed by atoms with E-state index < -0.39 is 10.0 Å². The Labute approximate surface area is 173 Å². The highest BCUT2D eigenvalue weighted by Crippen LogP contribution is 2.23. The third kappa shape index (κ3) is 5.65. The molecule has 1 fully saturated rings. The third-order valence-electron chi connectivity index (χ3n) is 4.30. The minimum Gasteiger partial charge on any atom is -0.296 e. The molecule has 1 aromatic heterocycles. The molecule has 0 amide bonds. The van der Waals surface area contributed by atoms with Crippen molar-refractivity contribution in [1.82, 2.24) is 14.2 Å². The molecule has 0 radical (unpaired) electrons. The second kappa shape index (κ2) is 9.34. The maximum atomic E-state index is 12.9. The van der Waals surface area contributed by atoms with Crippen molar-refractivity contribution in [1.29, 1.82) is 0 Å². The van der Waals surface area contributed by atoms with Gasteiger partial charge in [0.05, 0.1) is 5.03 Å². The van der Waals surface area contributed by atoms with Gasteiger partial charge < -0.3 is 0 Å². The van der Waals surface area contributed by atoms with Gasteiger partial charge in [0.15, 0.2) is 0 Å². The summed E-state index contributed by atoms with van der Waals surface area (Å²) in [6, 6.07) is 13.6. The highest BCUT2D eigenvalue weighted by Gasteiger charge is 2.28. The van der Waals surface area contributed by atoms with Gasteiger partial charge in [-0.2, -0.15) is 4.31 Å². The molecule has 5 nitrogen and oxygen atoms in total. The van der Waals surface area contributed by atoms with Gasteiger partial charge in [0.1, 0.15) is 4.90 Å². The largest absolute Gasteiger partial charge is 0.296 e. The van der Waals surface area contributed by atoms with Crippen LogP contribution in [-0.2, 0) is 16.6 Å². The second-order valence-corrected chi connectivity index (χ2v) is 10.4. The number of halogens is 1. The first-order chi connectivity index (χ1) is 12.9. The van der Waals surface area contributed by atoms with E-state index in [0.29, 0.717) is 18.8 Å². The number of aromatic nitrogens is 1. The first-order valence-corrected chi connectivity index (χ1v) is 11.9. The minimum atomic E-state index is -3.50. The van der Waals surface area contributed by atoms with E-state index in [2.05, 4.69) is 44.5 Å². The zero-order valence-corrected chi connectivity index (χ0v) is 18.1. The summed E-state index contributed by atoms with van der Waals surface area (Å²) >= 11 is 4.82. The Bertz CT molecular complexity index is 866. The maximum absolute atomic E-state index is 12.9. The van der Waals surface area contributed by atoms with Gasteiger partial charge in [0.25, 0.3) is 0 Å². The molecule has 27 heavy (non-hydrogen) atoms. The monoisotopic (exact) mass is 467 g/mol. The van der Waals surface area contributed by atoms with Crippen LogP contribution in [0.25, 0.3) is 0 Å². The van der Waals surface area contributed by atoms with Crippen LogP contribution in [0.2, 0.25) is 0 Å². The van der Waals surface area contributed by atoms with Crippen LogP contribution in [0, 0.1) is 0 Å². The Hall–Kier alpha value is -1.19. The fourth-order valence-corrected chi connectivity index (χ4v) is 5.18. The van der Waals surface area contributed by atoms with E-state index in [9.17, 15) is 8.42 Å². The van der Waals surface area contributed by atoms with Crippen molar-refractivity contribution in [3.8, 4) is 0 Å². The van der Waals surface area contributed by atoms with E-state index in [1.807, 2.05) is 18.2 Å². The molecule has 0 atom stereocenters. The molecule has 0 N–H and O–H groups in total. The van der Waals surface area contributed by atoms with E-state index in [4.69, 9.17) is 0 Å².